The van der Waals surface area contributed by atoms with Gasteiger partial charge in [-0.25, -0.2) is 0 Å². The fraction of sp³-hybridized carbons (Fsp3) is 0.0909. The third kappa shape index (κ3) is 2.28. The van der Waals surface area contributed by atoms with Gasteiger partial charge in [-0.1, -0.05) is 36.4 Å². The van der Waals surface area contributed by atoms with Gasteiger partial charge in [0.2, 0.25) is 0 Å². The molecule has 6 heteroatoms. The van der Waals surface area contributed by atoms with Crippen LogP contribution in [0.2, 0.25) is 0 Å². The van der Waals surface area contributed by atoms with Crippen molar-refractivity contribution in [3.63, 3.8) is 0 Å². The zero-order chi connectivity index (χ0) is 18.7. The van der Waals surface area contributed by atoms with Gasteiger partial charge in [-0.15, -0.1) is 22.7 Å². The number of nitrogens with zero attached hydrogens (tertiary/aromatic N) is 2. The molecule has 1 atom stereocenters. The monoisotopic (exact) mass is 418 g/mol. The van der Waals surface area contributed by atoms with Gasteiger partial charge in [0.15, 0.2) is 11.5 Å². The van der Waals surface area contributed by atoms with Gasteiger partial charge in [0.05, 0.1) is 23.2 Å². The summed E-state index contributed by atoms with van der Waals surface area (Å²) in [4.78, 5) is 19.8. The van der Waals surface area contributed by atoms with Crippen LogP contribution in [0, 0.1) is 0 Å². The first-order valence-electron chi connectivity index (χ1n) is 8.99. The van der Waals surface area contributed by atoms with Crippen molar-refractivity contribution in [2.75, 3.05) is 6.54 Å². The van der Waals surface area contributed by atoms with E-state index in [0.29, 0.717) is 0 Å². The van der Waals surface area contributed by atoms with E-state index in [1.165, 1.54) is 37.5 Å². The maximum atomic E-state index is 11.9. The second-order valence-corrected chi connectivity index (χ2v) is 9.61. The second kappa shape index (κ2) is 6.30. The SMILES string of the molecule is O=CC1=C(c2csc3ccccc23)N2C(=NCC2c2csc3ccccc23)S1. The molecule has 3 nitrogen and oxygen atoms in total. The Bertz CT molecular complexity index is 1310. The number of thiophene rings is 2. The van der Waals surface area contributed by atoms with E-state index in [9.17, 15) is 4.79 Å². The van der Waals surface area contributed by atoms with Crippen LogP contribution >= 0.6 is 34.4 Å². The molecule has 2 aromatic heterocycles. The molecule has 28 heavy (non-hydrogen) atoms. The molecule has 136 valence electrons. The maximum Gasteiger partial charge on any atom is 0.169 e. The first kappa shape index (κ1) is 16.5. The van der Waals surface area contributed by atoms with Crippen molar-refractivity contribution in [1.29, 1.82) is 0 Å². The summed E-state index contributed by atoms with van der Waals surface area (Å²) in [7, 11) is 0. The Morgan fingerprint density at radius 1 is 0.964 bits per heavy atom. The van der Waals surface area contributed by atoms with Crippen LogP contribution in [0.15, 0.2) is 69.2 Å². The van der Waals surface area contributed by atoms with Crippen molar-refractivity contribution >= 4 is 71.8 Å². The summed E-state index contributed by atoms with van der Waals surface area (Å²) in [5.41, 5.74) is 3.44. The van der Waals surface area contributed by atoms with E-state index in [0.717, 1.165) is 34.2 Å². The van der Waals surface area contributed by atoms with Crippen LogP contribution in [0.3, 0.4) is 0 Å². The molecule has 2 aliphatic rings. The predicted octanol–water partition coefficient (Wildman–Crippen LogP) is 6.14. The van der Waals surface area contributed by atoms with Gasteiger partial charge < -0.3 is 4.90 Å². The highest BCUT2D eigenvalue weighted by Crippen LogP contribution is 2.50. The lowest BCUT2D eigenvalue weighted by Gasteiger charge is -2.25. The van der Waals surface area contributed by atoms with Gasteiger partial charge in [-0.2, -0.15) is 0 Å². The fourth-order valence-electron chi connectivity index (χ4n) is 4.05. The van der Waals surface area contributed by atoms with E-state index in [2.05, 4.69) is 64.2 Å². The molecule has 0 saturated carbocycles. The Morgan fingerprint density at radius 3 is 2.50 bits per heavy atom. The minimum Gasteiger partial charge on any atom is -0.310 e. The third-order valence-electron chi connectivity index (χ3n) is 5.31. The lowest BCUT2D eigenvalue weighted by Crippen LogP contribution is -2.24. The molecular weight excluding hydrogens is 404 g/mol. The van der Waals surface area contributed by atoms with E-state index >= 15 is 0 Å². The highest BCUT2D eigenvalue weighted by atomic mass is 32.2. The molecule has 0 spiro atoms. The summed E-state index contributed by atoms with van der Waals surface area (Å²) in [5.74, 6) is 0. The number of fused-ring (bicyclic) bond motifs is 3. The van der Waals surface area contributed by atoms with Gasteiger partial charge >= 0.3 is 0 Å². The summed E-state index contributed by atoms with van der Waals surface area (Å²) in [6, 6.07) is 17.0. The average molecular weight is 419 g/mol. The Hall–Kier alpha value is -2.41. The smallest absolute Gasteiger partial charge is 0.169 e. The number of hydrogen-bond acceptors (Lipinski definition) is 6. The van der Waals surface area contributed by atoms with Crippen LogP contribution in [-0.2, 0) is 4.79 Å². The maximum absolute atomic E-state index is 11.9. The zero-order valence-corrected chi connectivity index (χ0v) is 17.1. The van der Waals surface area contributed by atoms with Gasteiger partial charge in [-0.05, 0) is 40.2 Å². The number of aldehydes is 1. The van der Waals surface area contributed by atoms with E-state index in [1.54, 1.807) is 22.7 Å². The van der Waals surface area contributed by atoms with Crippen LogP contribution < -0.4 is 0 Å². The molecule has 1 unspecified atom stereocenters. The summed E-state index contributed by atoms with van der Waals surface area (Å²) >= 11 is 5.00. The number of aliphatic imine (C=N–C) groups is 1. The Balaban J connectivity index is 1.54. The molecule has 4 aromatic rings. The largest absolute Gasteiger partial charge is 0.310 e. The van der Waals surface area contributed by atoms with Crippen LogP contribution in [0.5, 0.6) is 0 Å². The van der Waals surface area contributed by atoms with Crippen LogP contribution in [0.4, 0.5) is 0 Å². The molecule has 0 bridgehead atoms. The molecule has 2 aromatic carbocycles. The number of thioether (sulfide) groups is 1. The number of amidine groups is 1. The molecule has 0 N–H and O–H groups in total. The summed E-state index contributed by atoms with van der Waals surface area (Å²) in [6.07, 6.45) is 0.982. The minimum atomic E-state index is 0.129. The first-order valence-corrected chi connectivity index (χ1v) is 11.6. The number of hydrogen-bond donors (Lipinski definition) is 0. The van der Waals surface area contributed by atoms with Crippen molar-refractivity contribution in [1.82, 2.24) is 4.90 Å². The fourth-order valence-corrected chi connectivity index (χ4v) is 7.01. The second-order valence-electron chi connectivity index (χ2n) is 6.77. The van der Waals surface area contributed by atoms with Crippen molar-refractivity contribution in [3.8, 4) is 0 Å². The number of allylic oxidation sites excluding steroid dienone is 1. The highest BCUT2D eigenvalue weighted by Gasteiger charge is 2.41. The van der Waals surface area contributed by atoms with Gasteiger partial charge in [0.1, 0.15) is 0 Å². The van der Waals surface area contributed by atoms with Crippen molar-refractivity contribution in [2.45, 2.75) is 6.04 Å². The predicted molar refractivity (Wildman–Crippen MR) is 121 cm³/mol. The average Bonchev–Trinajstić information content (AvgIpc) is 3.49. The lowest BCUT2D eigenvalue weighted by molar-refractivity contribution is -0.104. The topological polar surface area (TPSA) is 32.7 Å². The summed E-state index contributed by atoms with van der Waals surface area (Å²) in [6.45, 7) is 0.723. The molecule has 0 radical (unpaired) electrons. The minimum absolute atomic E-state index is 0.129. The summed E-state index contributed by atoms with van der Waals surface area (Å²) < 4.78 is 2.53. The highest BCUT2D eigenvalue weighted by molar-refractivity contribution is 8.18. The van der Waals surface area contributed by atoms with Crippen LogP contribution in [0.25, 0.3) is 25.9 Å². The van der Waals surface area contributed by atoms with E-state index in [4.69, 9.17) is 4.99 Å². The van der Waals surface area contributed by atoms with Gasteiger partial charge in [0, 0.05) is 25.7 Å². The Morgan fingerprint density at radius 2 is 1.68 bits per heavy atom. The molecular formula is C22H14N2OS3. The Labute approximate surface area is 174 Å². The molecule has 0 amide bonds. The van der Waals surface area contributed by atoms with Crippen molar-refractivity contribution < 1.29 is 4.79 Å². The van der Waals surface area contributed by atoms with Crippen molar-refractivity contribution in [2.24, 2.45) is 4.99 Å². The molecule has 0 saturated heterocycles. The molecule has 0 fully saturated rings. The Kier molecular flexibility index (Phi) is 3.72. The quantitative estimate of drug-likeness (QED) is 0.375. The normalized spacial score (nSPS) is 18.9. The standard InChI is InChI=1S/C22H14N2OS3/c25-10-20-21(16-12-27-19-8-4-2-6-14(16)19)24-17(9-23-22(24)28-20)15-11-26-18-7-3-1-5-13(15)18/h1-8,10-12,17H,9H2. The number of carbonyl (C=O) groups excluding carboxylic acids is 1. The zero-order valence-electron chi connectivity index (χ0n) is 14.7. The third-order valence-corrected chi connectivity index (χ3v) is 8.27. The van der Waals surface area contributed by atoms with Crippen molar-refractivity contribution in [3.05, 3.63) is 75.3 Å². The van der Waals surface area contributed by atoms with Gasteiger partial charge in [0.25, 0.3) is 0 Å². The number of benzene rings is 2. The van der Waals surface area contributed by atoms with E-state index < -0.39 is 0 Å². The molecule has 6 rings (SSSR count). The van der Waals surface area contributed by atoms with Crippen LogP contribution in [-0.4, -0.2) is 22.9 Å². The van der Waals surface area contributed by atoms with E-state index in [-0.39, 0.29) is 6.04 Å². The molecule has 2 aliphatic heterocycles. The van der Waals surface area contributed by atoms with E-state index in [1.807, 2.05) is 0 Å². The molecule has 0 aliphatic carbocycles. The van der Waals surface area contributed by atoms with Gasteiger partial charge in [-0.3, -0.25) is 9.79 Å². The number of carbonyl (C=O) groups is 1. The number of rotatable bonds is 3. The molecule has 4 heterocycles. The van der Waals surface area contributed by atoms with Crippen LogP contribution in [0.1, 0.15) is 17.2 Å². The first-order chi connectivity index (χ1) is 13.8. The lowest BCUT2D eigenvalue weighted by atomic mass is 10.0. The summed E-state index contributed by atoms with van der Waals surface area (Å²) in [5, 5.41) is 7.85.